The van der Waals surface area contributed by atoms with E-state index >= 15 is 0 Å². The third-order valence-electron chi connectivity index (χ3n) is 4.17. The molecule has 136 valence electrons. The number of rotatable bonds is 6. The van der Waals surface area contributed by atoms with E-state index in [4.69, 9.17) is 10.8 Å². The van der Waals surface area contributed by atoms with E-state index < -0.39 is 5.56 Å². The van der Waals surface area contributed by atoms with Crippen LogP contribution < -0.4 is 11.2 Å². The van der Waals surface area contributed by atoms with Crippen molar-refractivity contribution in [3.63, 3.8) is 0 Å². The van der Waals surface area contributed by atoms with Crippen molar-refractivity contribution >= 4 is 32.9 Å². The lowest BCUT2D eigenvalue weighted by Gasteiger charge is -2.13. The number of hydrogen-bond acceptors (Lipinski definition) is 5. The highest BCUT2D eigenvalue weighted by Gasteiger charge is 2.17. The third kappa shape index (κ3) is 3.52. The first kappa shape index (κ1) is 18.2. The summed E-state index contributed by atoms with van der Waals surface area (Å²) in [5.41, 5.74) is 1.13. The van der Waals surface area contributed by atoms with Crippen molar-refractivity contribution in [1.29, 1.82) is 10.8 Å². The van der Waals surface area contributed by atoms with Gasteiger partial charge in [0.25, 0.3) is 5.56 Å². The molecule has 0 saturated carbocycles. The van der Waals surface area contributed by atoms with Gasteiger partial charge in [0.15, 0.2) is 15.9 Å². The Bertz CT molecular complexity index is 1050. The van der Waals surface area contributed by atoms with Crippen LogP contribution in [0.15, 0.2) is 34.1 Å². The van der Waals surface area contributed by atoms with Gasteiger partial charge in [-0.1, -0.05) is 19.8 Å². The molecule has 0 amide bonds. The second-order valence-corrected chi connectivity index (χ2v) is 6.78. The highest BCUT2D eigenvalue weighted by Crippen LogP contribution is 2.11. The van der Waals surface area contributed by atoms with E-state index in [9.17, 15) is 4.79 Å². The Morgan fingerprint density at radius 2 is 2.04 bits per heavy atom. The Hall–Kier alpha value is -2.55. The minimum absolute atomic E-state index is 0.0309. The zero-order valence-corrected chi connectivity index (χ0v) is 16.0. The minimum atomic E-state index is -0.436. The molecule has 3 N–H and O–H groups in total. The SMILES string of the molecule is CCCCCn1c(=N)n(C(=N)Cc2ccncc2)c(=O)c2[nH]c(Br)nc21. The summed E-state index contributed by atoms with van der Waals surface area (Å²) in [4.78, 5) is 24.0. The molecular weight excluding hydrogens is 398 g/mol. The summed E-state index contributed by atoms with van der Waals surface area (Å²) in [5, 5.41) is 16.9. The van der Waals surface area contributed by atoms with Crippen LogP contribution in [-0.4, -0.2) is 29.9 Å². The second-order valence-electron chi connectivity index (χ2n) is 6.03. The predicted octanol–water partition coefficient (Wildman–Crippen LogP) is 2.42. The van der Waals surface area contributed by atoms with Crippen molar-refractivity contribution in [2.45, 2.75) is 39.2 Å². The van der Waals surface area contributed by atoms with Gasteiger partial charge in [-0.3, -0.25) is 25.2 Å². The molecule has 0 aliphatic rings. The number of imidazole rings is 1. The van der Waals surface area contributed by atoms with Crippen LogP contribution in [0.1, 0.15) is 31.7 Å². The first-order chi connectivity index (χ1) is 12.5. The quantitative estimate of drug-likeness (QED) is 0.247. The molecular formula is C17H20BrN7O. The Morgan fingerprint density at radius 3 is 2.73 bits per heavy atom. The van der Waals surface area contributed by atoms with Gasteiger partial charge in [0, 0.05) is 25.4 Å². The first-order valence-corrected chi connectivity index (χ1v) is 9.24. The van der Waals surface area contributed by atoms with Crippen LogP contribution in [0.2, 0.25) is 0 Å². The fraction of sp³-hybridized carbons (Fsp3) is 0.353. The summed E-state index contributed by atoms with van der Waals surface area (Å²) in [5.74, 6) is 0.0445. The fourth-order valence-electron chi connectivity index (χ4n) is 2.86. The van der Waals surface area contributed by atoms with Crippen LogP contribution in [0, 0.1) is 10.8 Å². The van der Waals surface area contributed by atoms with Gasteiger partial charge < -0.3 is 4.98 Å². The number of aromatic amines is 1. The van der Waals surface area contributed by atoms with E-state index in [1.165, 1.54) is 0 Å². The molecule has 0 atom stereocenters. The molecule has 9 heteroatoms. The van der Waals surface area contributed by atoms with Crippen LogP contribution >= 0.6 is 15.9 Å². The molecule has 0 aliphatic carbocycles. The molecule has 0 unspecified atom stereocenters. The zero-order chi connectivity index (χ0) is 18.7. The molecule has 3 heterocycles. The molecule has 0 fully saturated rings. The van der Waals surface area contributed by atoms with Crippen molar-refractivity contribution < 1.29 is 0 Å². The Balaban J connectivity index is 2.11. The van der Waals surface area contributed by atoms with Crippen molar-refractivity contribution in [2.75, 3.05) is 0 Å². The molecule has 3 aromatic heterocycles. The molecule has 0 saturated heterocycles. The number of nitrogens with one attached hydrogen (secondary N) is 3. The number of hydrogen-bond donors (Lipinski definition) is 3. The highest BCUT2D eigenvalue weighted by atomic mass is 79.9. The summed E-state index contributed by atoms with van der Waals surface area (Å²) < 4.78 is 3.26. The minimum Gasteiger partial charge on any atom is -0.327 e. The molecule has 0 spiro atoms. The van der Waals surface area contributed by atoms with Gasteiger partial charge in [-0.25, -0.2) is 9.55 Å². The first-order valence-electron chi connectivity index (χ1n) is 8.45. The van der Waals surface area contributed by atoms with Gasteiger partial charge in [-0.05, 0) is 40.0 Å². The fourth-order valence-corrected chi connectivity index (χ4v) is 3.23. The number of halogens is 1. The second kappa shape index (κ2) is 7.77. The van der Waals surface area contributed by atoms with Crippen molar-refractivity contribution in [2.24, 2.45) is 0 Å². The summed E-state index contributed by atoms with van der Waals surface area (Å²) in [6, 6.07) is 3.59. The highest BCUT2D eigenvalue weighted by molar-refractivity contribution is 9.10. The van der Waals surface area contributed by atoms with Crippen molar-refractivity contribution in [3.8, 4) is 0 Å². The lowest BCUT2D eigenvalue weighted by atomic mass is 10.2. The van der Waals surface area contributed by atoms with E-state index in [1.54, 1.807) is 29.1 Å². The number of fused-ring (bicyclic) bond motifs is 1. The van der Waals surface area contributed by atoms with Gasteiger partial charge in [-0.15, -0.1) is 0 Å². The molecule has 3 rings (SSSR count). The van der Waals surface area contributed by atoms with Gasteiger partial charge in [-0.2, -0.15) is 0 Å². The predicted molar refractivity (Wildman–Crippen MR) is 102 cm³/mol. The lowest BCUT2D eigenvalue weighted by Crippen LogP contribution is -2.44. The summed E-state index contributed by atoms with van der Waals surface area (Å²) in [6.45, 7) is 2.68. The van der Waals surface area contributed by atoms with Crippen LogP contribution in [0.3, 0.4) is 0 Å². The topological polar surface area (TPSA) is 116 Å². The van der Waals surface area contributed by atoms with Gasteiger partial charge in [0.05, 0.1) is 0 Å². The average Bonchev–Trinajstić information content (AvgIpc) is 3.01. The monoisotopic (exact) mass is 417 g/mol. The zero-order valence-electron chi connectivity index (χ0n) is 14.4. The van der Waals surface area contributed by atoms with E-state index in [2.05, 4.69) is 37.8 Å². The summed E-state index contributed by atoms with van der Waals surface area (Å²) in [6.07, 6.45) is 6.48. The maximum absolute atomic E-state index is 12.9. The van der Waals surface area contributed by atoms with E-state index in [0.29, 0.717) is 22.4 Å². The smallest absolute Gasteiger partial charge is 0.286 e. The Morgan fingerprint density at radius 1 is 1.31 bits per heavy atom. The molecule has 0 aromatic carbocycles. The molecule has 8 nitrogen and oxygen atoms in total. The molecule has 3 aromatic rings. The van der Waals surface area contributed by atoms with Crippen molar-refractivity contribution in [1.82, 2.24) is 24.1 Å². The molecule has 0 bridgehead atoms. The molecule has 0 radical (unpaired) electrons. The Kier molecular flexibility index (Phi) is 5.46. The summed E-state index contributed by atoms with van der Waals surface area (Å²) >= 11 is 3.26. The largest absolute Gasteiger partial charge is 0.327 e. The number of pyridine rings is 1. The maximum atomic E-state index is 12.9. The molecule has 0 aliphatic heterocycles. The van der Waals surface area contributed by atoms with E-state index in [0.717, 1.165) is 29.4 Å². The molecule has 26 heavy (non-hydrogen) atoms. The van der Waals surface area contributed by atoms with Crippen LogP contribution in [0.25, 0.3) is 11.2 Å². The van der Waals surface area contributed by atoms with Crippen LogP contribution in [-0.2, 0) is 13.0 Å². The van der Waals surface area contributed by atoms with Crippen LogP contribution in [0.4, 0.5) is 0 Å². The number of unbranched alkanes of at least 4 members (excludes halogenated alkanes) is 2. The van der Waals surface area contributed by atoms with Crippen molar-refractivity contribution in [3.05, 3.63) is 50.8 Å². The van der Waals surface area contributed by atoms with Gasteiger partial charge >= 0.3 is 0 Å². The van der Waals surface area contributed by atoms with E-state index in [1.807, 2.05) is 0 Å². The standard InChI is InChI=1S/C17H20BrN7O/c1-2-3-4-9-24-14-13(22-16(18)23-14)15(26)25(17(24)20)12(19)10-11-5-7-21-8-6-11/h5-8,19-20H,2-4,9-10H2,1H3,(H,22,23). The van der Waals surface area contributed by atoms with Crippen LogP contribution in [0.5, 0.6) is 0 Å². The number of aromatic nitrogens is 5. The van der Waals surface area contributed by atoms with Gasteiger partial charge in [0.2, 0.25) is 5.62 Å². The Labute approximate surface area is 158 Å². The number of aryl methyl sites for hydroxylation is 1. The summed E-state index contributed by atoms with van der Waals surface area (Å²) in [7, 11) is 0. The lowest BCUT2D eigenvalue weighted by molar-refractivity contribution is 0.566. The average molecular weight is 418 g/mol. The van der Waals surface area contributed by atoms with E-state index in [-0.39, 0.29) is 17.9 Å². The number of H-pyrrole nitrogens is 1. The number of nitrogens with zero attached hydrogens (tertiary/aromatic N) is 4. The third-order valence-corrected chi connectivity index (χ3v) is 4.55. The van der Waals surface area contributed by atoms with Gasteiger partial charge in [0.1, 0.15) is 5.84 Å². The normalized spacial score (nSPS) is 11.2. The maximum Gasteiger partial charge on any atom is 0.286 e.